The van der Waals surface area contributed by atoms with Gasteiger partial charge in [-0.05, 0) is 23.9 Å². The summed E-state index contributed by atoms with van der Waals surface area (Å²) in [7, 11) is 1.81. The summed E-state index contributed by atoms with van der Waals surface area (Å²) < 4.78 is 0. The van der Waals surface area contributed by atoms with E-state index in [0.29, 0.717) is 5.92 Å². The third-order valence-corrected chi connectivity index (χ3v) is 4.47. The zero-order chi connectivity index (χ0) is 15.1. The number of nitrogens with zero attached hydrogens (tertiary/aromatic N) is 1. The Hall–Kier alpha value is -1.81. The zero-order valence-corrected chi connectivity index (χ0v) is 13.7. The second-order valence-electron chi connectivity index (χ2n) is 5.21. The highest BCUT2D eigenvalue weighted by molar-refractivity contribution is 7.10. The van der Waals surface area contributed by atoms with Gasteiger partial charge in [0.2, 0.25) is 0 Å². The maximum absolute atomic E-state index is 4.28. The zero-order valence-electron chi connectivity index (χ0n) is 12.9. The molecule has 0 radical (unpaired) electrons. The van der Waals surface area contributed by atoms with Gasteiger partial charge in [-0.2, -0.15) is 0 Å². The summed E-state index contributed by atoms with van der Waals surface area (Å²) in [6.07, 6.45) is 0. The number of aryl methyl sites for hydroxylation is 1. The predicted octanol–water partition coefficient (Wildman–Crippen LogP) is 3.53. The van der Waals surface area contributed by atoms with Gasteiger partial charge in [0.05, 0.1) is 0 Å². The van der Waals surface area contributed by atoms with Crippen molar-refractivity contribution in [3.8, 4) is 0 Å². The highest BCUT2D eigenvalue weighted by Crippen LogP contribution is 2.19. The molecule has 0 amide bonds. The molecule has 4 heteroatoms. The van der Waals surface area contributed by atoms with E-state index in [1.807, 2.05) is 0 Å². The van der Waals surface area contributed by atoms with Crippen LogP contribution in [0.3, 0.4) is 0 Å². The van der Waals surface area contributed by atoms with E-state index < -0.39 is 0 Å². The van der Waals surface area contributed by atoms with E-state index in [1.54, 1.807) is 18.4 Å². The summed E-state index contributed by atoms with van der Waals surface area (Å²) in [4.78, 5) is 5.68. The molecule has 0 fully saturated rings. The Kier molecular flexibility index (Phi) is 5.81. The number of thiophene rings is 1. The Labute approximate surface area is 131 Å². The molecule has 0 aliphatic rings. The Balaban J connectivity index is 1.81. The first kappa shape index (κ1) is 15.6. The molecule has 1 aromatic heterocycles. The third kappa shape index (κ3) is 4.90. The first-order valence-corrected chi connectivity index (χ1v) is 8.10. The lowest BCUT2D eigenvalue weighted by molar-refractivity contribution is 0.708. The van der Waals surface area contributed by atoms with Crippen molar-refractivity contribution in [2.24, 2.45) is 4.99 Å². The topological polar surface area (TPSA) is 36.4 Å². The first-order valence-electron chi connectivity index (χ1n) is 7.22. The van der Waals surface area contributed by atoms with Gasteiger partial charge in [0, 0.05) is 30.9 Å². The fraction of sp³-hybridized carbons (Fsp3) is 0.353. The van der Waals surface area contributed by atoms with E-state index in [2.05, 4.69) is 71.3 Å². The average Bonchev–Trinajstić information content (AvgIpc) is 3.01. The molecule has 2 aromatic rings. The first-order chi connectivity index (χ1) is 10.2. The van der Waals surface area contributed by atoms with E-state index in [9.17, 15) is 0 Å². The van der Waals surface area contributed by atoms with Crippen molar-refractivity contribution < 1.29 is 0 Å². The quantitative estimate of drug-likeness (QED) is 0.655. The Bertz CT molecular complexity index is 575. The number of nitrogens with one attached hydrogen (secondary N) is 2. The second-order valence-corrected chi connectivity index (χ2v) is 6.19. The highest BCUT2D eigenvalue weighted by atomic mass is 32.1. The molecule has 112 valence electrons. The smallest absolute Gasteiger partial charge is 0.191 e. The molecule has 0 aliphatic heterocycles. The molecule has 3 nitrogen and oxygen atoms in total. The van der Waals surface area contributed by atoms with Crippen LogP contribution >= 0.6 is 11.3 Å². The van der Waals surface area contributed by atoms with Crippen molar-refractivity contribution >= 4 is 17.3 Å². The van der Waals surface area contributed by atoms with Gasteiger partial charge in [-0.25, -0.2) is 0 Å². The van der Waals surface area contributed by atoms with Crippen LogP contribution in [0.25, 0.3) is 0 Å². The number of hydrogen-bond acceptors (Lipinski definition) is 2. The van der Waals surface area contributed by atoms with E-state index in [0.717, 1.165) is 19.0 Å². The van der Waals surface area contributed by atoms with Crippen LogP contribution in [0.2, 0.25) is 0 Å². The minimum absolute atomic E-state index is 0.488. The van der Waals surface area contributed by atoms with Gasteiger partial charge < -0.3 is 10.6 Å². The molecule has 1 unspecified atom stereocenters. The van der Waals surface area contributed by atoms with Gasteiger partial charge >= 0.3 is 0 Å². The van der Waals surface area contributed by atoms with E-state index in [4.69, 9.17) is 0 Å². The van der Waals surface area contributed by atoms with Crippen molar-refractivity contribution in [1.29, 1.82) is 0 Å². The fourth-order valence-electron chi connectivity index (χ4n) is 2.15. The Morgan fingerprint density at radius 3 is 2.76 bits per heavy atom. The number of aliphatic imine (C=N–C) groups is 1. The van der Waals surface area contributed by atoms with Gasteiger partial charge in [-0.15, -0.1) is 11.3 Å². The normalized spacial score (nSPS) is 13.0. The SMILES string of the molecule is CN=C(NCc1cccc(C)c1)NCC(C)c1cccs1. The Morgan fingerprint density at radius 1 is 1.24 bits per heavy atom. The van der Waals surface area contributed by atoms with Gasteiger partial charge in [0.25, 0.3) is 0 Å². The fourth-order valence-corrected chi connectivity index (χ4v) is 2.94. The van der Waals surface area contributed by atoms with Crippen molar-refractivity contribution in [2.45, 2.75) is 26.3 Å². The molecule has 0 aliphatic carbocycles. The lowest BCUT2D eigenvalue weighted by atomic mass is 10.1. The summed E-state index contributed by atoms with van der Waals surface area (Å²) in [5, 5.41) is 8.87. The van der Waals surface area contributed by atoms with Crippen LogP contribution in [0.5, 0.6) is 0 Å². The largest absolute Gasteiger partial charge is 0.356 e. The average molecular weight is 301 g/mol. The van der Waals surface area contributed by atoms with Crippen molar-refractivity contribution in [1.82, 2.24) is 10.6 Å². The van der Waals surface area contributed by atoms with E-state index >= 15 is 0 Å². The number of rotatable bonds is 5. The summed E-state index contributed by atoms with van der Waals surface area (Å²) in [6.45, 7) is 6.01. The summed E-state index contributed by atoms with van der Waals surface area (Å²) in [5.41, 5.74) is 2.55. The van der Waals surface area contributed by atoms with E-state index in [1.165, 1.54) is 16.0 Å². The van der Waals surface area contributed by atoms with Crippen LogP contribution in [0.1, 0.15) is 28.8 Å². The molecule has 1 aromatic carbocycles. The molecule has 0 spiro atoms. The number of guanidine groups is 1. The minimum atomic E-state index is 0.488. The summed E-state index contributed by atoms with van der Waals surface area (Å²) >= 11 is 1.80. The maximum Gasteiger partial charge on any atom is 0.191 e. The molecule has 0 bridgehead atoms. The van der Waals surface area contributed by atoms with Crippen LogP contribution in [-0.2, 0) is 6.54 Å². The predicted molar refractivity (Wildman–Crippen MR) is 92.1 cm³/mol. The molecule has 0 saturated carbocycles. The van der Waals surface area contributed by atoms with Gasteiger partial charge in [0.1, 0.15) is 0 Å². The van der Waals surface area contributed by atoms with Crippen molar-refractivity contribution in [3.63, 3.8) is 0 Å². The Morgan fingerprint density at radius 2 is 2.10 bits per heavy atom. The monoisotopic (exact) mass is 301 g/mol. The summed E-state index contributed by atoms with van der Waals surface area (Å²) in [5.74, 6) is 1.34. The van der Waals surface area contributed by atoms with Gasteiger partial charge in [-0.3, -0.25) is 4.99 Å². The van der Waals surface area contributed by atoms with Gasteiger partial charge in [0.15, 0.2) is 5.96 Å². The molecule has 1 heterocycles. The van der Waals surface area contributed by atoms with Crippen LogP contribution < -0.4 is 10.6 Å². The highest BCUT2D eigenvalue weighted by Gasteiger charge is 2.07. The van der Waals surface area contributed by atoms with E-state index in [-0.39, 0.29) is 0 Å². The van der Waals surface area contributed by atoms with Crippen LogP contribution in [0.4, 0.5) is 0 Å². The summed E-state index contributed by atoms with van der Waals surface area (Å²) in [6, 6.07) is 12.8. The molecular weight excluding hydrogens is 278 g/mol. The van der Waals surface area contributed by atoms with Crippen molar-refractivity contribution in [2.75, 3.05) is 13.6 Å². The lowest BCUT2D eigenvalue weighted by Crippen LogP contribution is -2.38. The molecule has 2 rings (SSSR count). The molecule has 21 heavy (non-hydrogen) atoms. The van der Waals surface area contributed by atoms with Crippen LogP contribution in [-0.4, -0.2) is 19.6 Å². The molecule has 2 N–H and O–H groups in total. The number of benzene rings is 1. The second kappa shape index (κ2) is 7.84. The third-order valence-electron chi connectivity index (χ3n) is 3.37. The molecule has 0 saturated heterocycles. The van der Waals surface area contributed by atoms with Crippen LogP contribution in [0.15, 0.2) is 46.8 Å². The maximum atomic E-state index is 4.28. The van der Waals surface area contributed by atoms with Gasteiger partial charge in [-0.1, -0.05) is 42.8 Å². The molecule has 1 atom stereocenters. The number of hydrogen-bond donors (Lipinski definition) is 2. The van der Waals surface area contributed by atoms with Crippen LogP contribution in [0, 0.1) is 6.92 Å². The molecular formula is C17H23N3S. The minimum Gasteiger partial charge on any atom is -0.356 e. The standard InChI is InChI=1S/C17H23N3S/c1-13-6-4-7-15(10-13)12-20-17(18-3)19-11-14(2)16-8-5-9-21-16/h4-10,14H,11-12H2,1-3H3,(H2,18,19,20). The lowest BCUT2D eigenvalue weighted by Gasteiger charge is -2.15. The van der Waals surface area contributed by atoms with Crippen molar-refractivity contribution in [3.05, 3.63) is 57.8 Å².